The Morgan fingerprint density at radius 2 is 1.88 bits per heavy atom. The zero-order valence-electron chi connectivity index (χ0n) is 26.3. The molecule has 4 nitrogen and oxygen atoms in total. The molecule has 4 saturated carbocycles. The van der Waals surface area contributed by atoms with Crippen LogP contribution in [-0.2, 0) is 9.16 Å². The quantitative estimate of drug-likeness (QED) is 0.195. The average Bonchev–Trinajstić information content (AvgIpc) is 3.41. The zero-order chi connectivity index (χ0) is 29.1. The number of esters is 1. The van der Waals surface area contributed by atoms with Gasteiger partial charge in [0.25, 0.3) is 0 Å². The highest BCUT2D eigenvalue weighted by atomic mass is 28.4. The molecule has 4 fully saturated rings. The largest absolute Gasteiger partial charge is 0.462 e. The monoisotopic (exact) mass is 566 g/mol. The van der Waals surface area contributed by atoms with E-state index in [-0.39, 0.29) is 34.0 Å². The van der Waals surface area contributed by atoms with E-state index in [0.29, 0.717) is 41.8 Å². The van der Waals surface area contributed by atoms with Gasteiger partial charge in [0.2, 0.25) is 0 Å². The maximum Gasteiger partial charge on any atom is 0.338 e. The van der Waals surface area contributed by atoms with Gasteiger partial charge in [0.05, 0.1) is 24.4 Å². The molecule has 1 N–H and O–H groups in total. The lowest BCUT2D eigenvalue weighted by Gasteiger charge is -2.45. The van der Waals surface area contributed by atoms with Gasteiger partial charge in [-0.25, -0.2) is 4.79 Å². The Morgan fingerprint density at radius 1 is 1.18 bits per heavy atom. The maximum absolute atomic E-state index is 12.6. The third-order valence-corrected chi connectivity index (χ3v) is 16.9. The van der Waals surface area contributed by atoms with E-state index in [9.17, 15) is 9.90 Å². The number of fused-ring (bicyclic) bond motifs is 2. The minimum atomic E-state index is -1.92. The molecule has 0 aromatic heterocycles. The molecule has 2 unspecified atom stereocenters. The Morgan fingerprint density at radius 3 is 2.55 bits per heavy atom. The summed E-state index contributed by atoms with van der Waals surface area (Å²) in [7, 11) is -1.92. The van der Waals surface area contributed by atoms with Gasteiger partial charge in [-0.05, 0) is 110 Å². The van der Waals surface area contributed by atoms with Gasteiger partial charge in [-0.3, -0.25) is 0 Å². The standard InChI is InChI=1S/C35H54O4Si/c1-23(22-38-32(37)25-13-10-9-11-14-25)28-16-17-29-26(15-12-18-34(28,29)6)19-24(2)35-21-27(35)20-30(31(35)36)39-40(7,8)33(3,4)5/h9-11,13-14,19,23-24,27-31,36H,12,15-18,20-22H2,1-8H3/b26-19+/t23-,24-,27?,28-,29+,30+,31?,34-,35-/m1/s1. The summed E-state index contributed by atoms with van der Waals surface area (Å²) in [5.41, 5.74) is 2.53. The van der Waals surface area contributed by atoms with Crippen LogP contribution in [0.15, 0.2) is 42.0 Å². The molecule has 0 bridgehead atoms. The smallest absolute Gasteiger partial charge is 0.338 e. The molecule has 4 aliphatic rings. The zero-order valence-corrected chi connectivity index (χ0v) is 27.3. The summed E-state index contributed by atoms with van der Waals surface area (Å²) in [4.78, 5) is 12.6. The second kappa shape index (κ2) is 10.7. The molecular weight excluding hydrogens is 512 g/mol. The van der Waals surface area contributed by atoms with E-state index >= 15 is 0 Å². The fourth-order valence-electron chi connectivity index (χ4n) is 8.95. The number of carbonyl (C=O) groups excluding carboxylic acids is 1. The van der Waals surface area contributed by atoms with Crippen LogP contribution in [0.2, 0.25) is 18.1 Å². The Bertz CT molecular complexity index is 1110. The number of ether oxygens (including phenoxy) is 1. The number of carbonyl (C=O) groups is 1. The molecule has 0 heterocycles. The van der Waals surface area contributed by atoms with Crippen molar-refractivity contribution >= 4 is 14.3 Å². The molecule has 1 aromatic carbocycles. The van der Waals surface area contributed by atoms with Crippen LogP contribution >= 0.6 is 0 Å². The van der Waals surface area contributed by atoms with E-state index in [1.165, 1.54) is 32.1 Å². The minimum Gasteiger partial charge on any atom is -0.462 e. The van der Waals surface area contributed by atoms with Gasteiger partial charge < -0.3 is 14.3 Å². The van der Waals surface area contributed by atoms with Crippen molar-refractivity contribution < 1.29 is 19.1 Å². The summed E-state index contributed by atoms with van der Waals surface area (Å²) in [5.74, 6) is 2.26. The first-order valence-electron chi connectivity index (χ1n) is 16.0. The molecule has 5 heteroatoms. The van der Waals surface area contributed by atoms with E-state index in [4.69, 9.17) is 9.16 Å². The number of aliphatic hydroxyl groups is 1. The van der Waals surface area contributed by atoms with Crippen molar-refractivity contribution in [3.05, 3.63) is 47.5 Å². The summed E-state index contributed by atoms with van der Waals surface area (Å²) < 4.78 is 12.6. The second-order valence-electron chi connectivity index (χ2n) is 15.7. The lowest BCUT2D eigenvalue weighted by molar-refractivity contribution is -0.00620. The molecule has 1 aromatic rings. The van der Waals surface area contributed by atoms with Gasteiger partial charge in [0.1, 0.15) is 0 Å². The molecule has 9 atom stereocenters. The van der Waals surface area contributed by atoms with Crippen LogP contribution in [0.1, 0.15) is 96.8 Å². The van der Waals surface area contributed by atoms with Crippen molar-refractivity contribution in [1.29, 1.82) is 0 Å². The third-order valence-electron chi connectivity index (χ3n) is 12.4. The number of aliphatic hydroxyl groups excluding tert-OH is 1. The fourth-order valence-corrected chi connectivity index (χ4v) is 10.3. The molecule has 222 valence electrons. The average molecular weight is 567 g/mol. The molecule has 5 rings (SSSR count). The third kappa shape index (κ3) is 5.17. The number of allylic oxidation sites excluding steroid dienone is 2. The van der Waals surface area contributed by atoms with Crippen molar-refractivity contribution in [3.8, 4) is 0 Å². The summed E-state index contributed by atoms with van der Waals surface area (Å²) in [6.07, 6.45) is 10.5. The van der Waals surface area contributed by atoms with Crippen LogP contribution in [0, 0.1) is 40.4 Å². The van der Waals surface area contributed by atoms with Crippen LogP contribution in [0.5, 0.6) is 0 Å². The first-order valence-corrected chi connectivity index (χ1v) is 18.9. The van der Waals surface area contributed by atoms with Crippen LogP contribution in [0.25, 0.3) is 0 Å². The van der Waals surface area contributed by atoms with Crippen LogP contribution < -0.4 is 0 Å². The van der Waals surface area contributed by atoms with Crippen molar-refractivity contribution in [2.24, 2.45) is 40.4 Å². The van der Waals surface area contributed by atoms with Crippen molar-refractivity contribution in [2.75, 3.05) is 6.61 Å². The van der Waals surface area contributed by atoms with Gasteiger partial charge in [0, 0.05) is 5.41 Å². The molecule has 0 spiro atoms. The molecule has 40 heavy (non-hydrogen) atoms. The first kappa shape index (κ1) is 30.0. The van der Waals surface area contributed by atoms with Gasteiger partial charge in [-0.2, -0.15) is 0 Å². The van der Waals surface area contributed by atoms with Crippen LogP contribution in [0.3, 0.4) is 0 Å². The molecule has 0 amide bonds. The minimum absolute atomic E-state index is 0.00478. The predicted molar refractivity (Wildman–Crippen MR) is 165 cm³/mol. The van der Waals surface area contributed by atoms with E-state index < -0.39 is 8.32 Å². The van der Waals surface area contributed by atoms with Gasteiger partial charge in [-0.1, -0.05) is 71.4 Å². The fraction of sp³-hybridized carbons (Fsp3) is 0.743. The van der Waals surface area contributed by atoms with E-state index in [1.807, 2.05) is 30.3 Å². The lowest BCUT2D eigenvalue weighted by Crippen LogP contribution is -2.47. The van der Waals surface area contributed by atoms with Gasteiger partial charge in [0.15, 0.2) is 8.32 Å². The van der Waals surface area contributed by atoms with E-state index in [1.54, 1.807) is 5.57 Å². The molecule has 4 aliphatic carbocycles. The molecular formula is C35H54O4Si. The summed E-state index contributed by atoms with van der Waals surface area (Å²) >= 11 is 0. The maximum atomic E-state index is 12.6. The SMILES string of the molecule is C[C@H](COC(=O)c1ccccc1)[C@H]1CC[C@H]2/C(=C/[C@@H](C)[C@]34CC3C[C@H](O[Si](C)(C)C(C)(C)C)C4O)CCC[C@]12C. The van der Waals surface area contributed by atoms with Crippen molar-refractivity contribution in [1.82, 2.24) is 0 Å². The molecule has 0 aliphatic heterocycles. The van der Waals surface area contributed by atoms with Gasteiger partial charge in [-0.15, -0.1) is 0 Å². The predicted octanol–water partition coefficient (Wildman–Crippen LogP) is 8.42. The second-order valence-corrected chi connectivity index (χ2v) is 20.4. The van der Waals surface area contributed by atoms with Crippen molar-refractivity contribution in [2.45, 2.75) is 117 Å². The lowest BCUT2D eigenvalue weighted by atomic mass is 9.61. The number of benzene rings is 1. The highest BCUT2D eigenvalue weighted by Gasteiger charge is 2.69. The van der Waals surface area contributed by atoms with Gasteiger partial charge >= 0.3 is 5.97 Å². The highest BCUT2D eigenvalue weighted by Crippen LogP contribution is 2.69. The van der Waals surface area contributed by atoms with E-state index in [2.05, 4.69) is 60.7 Å². The van der Waals surface area contributed by atoms with Crippen molar-refractivity contribution in [3.63, 3.8) is 0 Å². The summed E-state index contributed by atoms with van der Waals surface area (Å²) in [6.45, 7) is 19.1. The normalized spacial score (nSPS) is 38.0. The Balaban J connectivity index is 1.25. The number of hydrogen-bond acceptors (Lipinski definition) is 4. The first-order chi connectivity index (χ1) is 18.7. The Hall–Kier alpha value is -1.43. The summed E-state index contributed by atoms with van der Waals surface area (Å²) in [5, 5.41) is 11.8. The summed E-state index contributed by atoms with van der Waals surface area (Å²) in [6, 6.07) is 9.34. The van der Waals surface area contributed by atoms with E-state index in [0.717, 1.165) is 12.8 Å². The Kier molecular flexibility index (Phi) is 8.02. The number of hydrogen-bond donors (Lipinski definition) is 1. The van der Waals surface area contributed by atoms with Crippen LogP contribution in [0.4, 0.5) is 0 Å². The molecule has 0 saturated heterocycles. The highest BCUT2D eigenvalue weighted by molar-refractivity contribution is 6.74. The van der Waals surface area contributed by atoms with Crippen LogP contribution in [-0.4, -0.2) is 38.2 Å². The molecule has 0 radical (unpaired) electrons. The topological polar surface area (TPSA) is 55.8 Å². The Labute approximate surface area is 244 Å². The number of rotatable bonds is 8.